The second kappa shape index (κ2) is 3.96. The molecule has 1 fully saturated rings. The molecule has 1 amide bonds. The van der Waals surface area contributed by atoms with E-state index < -0.39 is 17.3 Å². The number of carboxylic acid groups (broad SMARTS) is 1. The Bertz CT molecular complexity index is 247. The molecular weight excluding hydrogens is 186 g/mol. The number of nitrogens with one attached hydrogen (secondary N) is 1. The van der Waals surface area contributed by atoms with Crippen LogP contribution in [0.25, 0.3) is 0 Å². The Kier molecular flexibility index (Phi) is 3.10. The van der Waals surface area contributed by atoms with Gasteiger partial charge in [0.15, 0.2) is 0 Å². The van der Waals surface area contributed by atoms with Gasteiger partial charge < -0.3 is 15.2 Å². The molecule has 80 valence electrons. The molecular formula is C9H15NO4. The number of carboxylic acids is 1. The molecule has 2 atom stereocenters. The molecule has 2 unspecified atom stereocenters. The molecule has 1 aliphatic rings. The quantitative estimate of drug-likeness (QED) is 0.623. The maximum absolute atomic E-state index is 11.5. The van der Waals surface area contributed by atoms with Crippen LogP contribution in [0.3, 0.4) is 0 Å². The molecule has 0 aromatic rings. The summed E-state index contributed by atoms with van der Waals surface area (Å²) in [6.45, 7) is 2.33. The fourth-order valence-corrected chi connectivity index (χ4v) is 1.71. The predicted molar refractivity (Wildman–Crippen MR) is 48.7 cm³/mol. The van der Waals surface area contributed by atoms with Crippen LogP contribution in [0.5, 0.6) is 0 Å². The van der Waals surface area contributed by atoms with E-state index in [0.717, 1.165) is 0 Å². The van der Waals surface area contributed by atoms with Crippen LogP contribution in [0.15, 0.2) is 0 Å². The van der Waals surface area contributed by atoms with Crippen LogP contribution < -0.4 is 5.32 Å². The lowest BCUT2D eigenvalue weighted by Gasteiger charge is -2.27. The van der Waals surface area contributed by atoms with E-state index in [4.69, 9.17) is 9.84 Å². The second-order valence-electron chi connectivity index (χ2n) is 3.65. The number of hydrogen-bond acceptors (Lipinski definition) is 3. The highest BCUT2D eigenvalue weighted by Gasteiger charge is 2.49. The zero-order valence-corrected chi connectivity index (χ0v) is 8.37. The van der Waals surface area contributed by atoms with Crippen molar-refractivity contribution in [2.45, 2.75) is 13.3 Å². The molecule has 5 nitrogen and oxygen atoms in total. The maximum Gasteiger partial charge on any atom is 0.319 e. The predicted octanol–water partition coefficient (Wildman–Crippen LogP) is -0.140. The number of amides is 1. The number of rotatable bonds is 3. The van der Waals surface area contributed by atoms with Crippen molar-refractivity contribution in [1.82, 2.24) is 5.32 Å². The summed E-state index contributed by atoms with van der Waals surface area (Å²) in [5.74, 6) is -1.78. The highest BCUT2D eigenvalue weighted by molar-refractivity contribution is 6.01. The molecule has 5 heteroatoms. The molecule has 0 aliphatic carbocycles. The van der Waals surface area contributed by atoms with Crippen LogP contribution in [0, 0.1) is 11.3 Å². The van der Waals surface area contributed by atoms with Crippen molar-refractivity contribution in [2.75, 3.05) is 20.3 Å². The molecule has 0 aromatic carbocycles. The first kappa shape index (κ1) is 11.0. The Morgan fingerprint density at radius 2 is 2.21 bits per heavy atom. The van der Waals surface area contributed by atoms with Gasteiger partial charge >= 0.3 is 5.97 Å². The lowest BCUT2D eigenvalue weighted by atomic mass is 9.76. The van der Waals surface area contributed by atoms with Crippen LogP contribution in [0.1, 0.15) is 13.3 Å². The molecule has 0 spiro atoms. The van der Waals surface area contributed by atoms with Gasteiger partial charge in [-0.2, -0.15) is 0 Å². The smallest absolute Gasteiger partial charge is 0.319 e. The van der Waals surface area contributed by atoms with Gasteiger partial charge in [-0.1, -0.05) is 0 Å². The van der Waals surface area contributed by atoms with E-state index in [0.29, 0.717) is 19.6 Å². The Morgan fingerprint density at radius 3 is 2.57 bits per heavy atom. The van der Waals surface area contributed by atoms with E-state index in [-0.39, 0.29) is 5.92 Å². The van der Waals surface area contributed by atoms with Crippen molar-refractivity contribution in [3.8, 4) is 0 Å². The zero-order valence-electron chi connectivity index (χ0n) is 8.37. The number of carbonyl (C=O) groups excluding carboxylic acids is 1. The molecule has 1 rings (SSSR count). The zero-order chi connectivity index (χ0) is 10.8. The molecule has 0 saturated carbocycles. The fraction of sp³-hybridized carbons (Fsp3) is 0.778. The van der Waals surface area contributed by atoms with Crippen molar-refractivity contribution >= 4 is 11.9 Å². The maximum atomic E-state index is 11.5. The minimum atomic E-state index is -1.37. The Balaban J connectivity index is 2.90. The monoisotopic (exact) mass is 201 g/mol. The first-order chi connectivity index (χ1) is 6.53. The topological polar surface area (TPSA) is 75.6 Å². The first-order valence-electron chi connectivity index (χ1n) is 4.56. The van der Waals surface area contributed by atoms with Gasteiger partial charge in [0, 0.05) is 19.6 Å². The molecule has 1 aliphatic heterocycles. The van der Waals surface area contributed by atoms with Gasteiger partial charge in [0.25, 0.3) is 0 Å². The molecule has 0 bridgehead atoms. The van der Waals surface area contributed by atoms with Crippen LogP contribution >= 0.6 is 0 Å². The van der Waals surface area contributed by atoms with Crippen molar-refractivity contribution in [2.24, 2.45) is 11.3 Å². The molecule has 0 radical (unpaired) electrons. The molecule has 2 N–H and O–H groups in total. The average Bonchev–Trinajstić information content (AvgIpc) is 2.68. The van der Waals surface area contributed by atoms with Gasteiger partial charge in [-0.3, -0.25) is 9.59 Å². The van der Waals surface area contributed by atoms with E-state index in [1.165, 1.54) is 14.0 Å². The summed E-state index contributed by atoms with van der Waals surface area (Å²) < 4.78 is 5.10. The van der Waals surface area contributed by atoms with Crippen molar-refractivity contribution < 1.29 is 19.4 Å². The number of aliphatic carboxylic acids is 1. The standard InChI is InChI=1S/C9H15NO4/c1-9(8(12)13,7(11)10-2)6-3-4-14-5-6/h6H,3-5H2,1-2H3,(H,10,11)(H,12,13). The number of hydrogen-bond donors (Lipinski definition) is 2. The highest BCUT2D eigenvalue weighted by atomic mass is 16.5. The SMILES string of the molecule is CNC(=O)C(C)(C(=O)O)C1CCOC1. The second-order valence-corrected chi connectivity index (χ2v) is 3.65. The van der Waals surface area contributed by atoms with E-state index in [1.54, 1.807) is 0 Å². The summed E-state index contributed by atoms with van der Waals surface area (Å²) in [5, 5.41) is 11.5. The summed E-state index contributed by atoms with van der Waals surface area (Å²) in [6, 6.07) is 0. The molecule has 14 heavy (non-hydrogen) atoms. The van der Waals surface area contributed by atoms with Gasteiger partial charge in [0.05, 0.1) is 6.61 Å². The largest absolute Gasteiger partial charge is 0.480 e. The third-order valence-corrected chi connectivity index (χ3v) is 2.89. The third-order valence-electron chi connectivity index (χ3n) is 2.89. The highest BCUT2D eigenvalue weighted by Crippen LogP contribution is 2.34. The lowest BCUT2D eigenvalue weighted by Crippen LogP contribution is -2.48. The van der Waals surface area contributed by atoms with E-state index in [9.17, 15) is 9.59 Å². The summed E-state index contributed by atoms with van der Waals surface area (Å²) >= 11 is 0. The summed E-state index contributed by atoms with van der Waals surface area (Å²) in [6.07, 6.45) is 0.621. The van der Waals surface area contributed by atoms with Gasteiger partial charge in [0.2, 0.25) is 5.91 Å². The fourth-order valence-electron chi connectivity index (χ4n) is 1.71. The minimum Gasteiger partial charge on any atom is -0.480 e. The third kappa shape index (κ3) is 1.59. The summed E-state index contributed by atoms with van der Waals surface area (Å²) in [4.78, 5) is 22.6. The average molecular weight is 201 g/mol. The van der Waals surface area contributed by atoms with Crippen LogP contribution in [0.4, 0.5) is 0 Å². The Morgan fingerprint density at radius 1 is 1.57 bits per heavy atom. The van der Waals surface area contributed by atoms with Crippen molar-refractivity contribution in [3.05, 3.63) is 0 Å². The minimum absolute atomic E-state index is 0.236. The lowest BCUT2D eigenvalue weighted by molar-refractivity contribution is -0.158. The first-order valence-corrected chi connectivity index (χ1v) is 4.56. The van der Waals surface area contributed by atoms with Gasteiger partial charge in [-0.05, 0) is 13.3 Å². The van der Waals surface area contributed by atoms with Crippen LogP contribution in [0.2, 0.25) is 0 Å². The molecule has 0 aromatic heterocycles. The van der Waals surface area contributed by atoms with Gasteiger partial charge in [0.1, 0.15) is 5.41 Å². The van der Waals surface area contributed by atoms with Crippen molar-refractivity contribution in [3.63, 3.8) is 0 Å². The van der Waals surface area contributed by atoms with Gasteiger partial charge in [-0.25, -0.2) is 0 Å². The molecule has 1 heterocycles. The van der Waals surface area contributed by atoms with Crippen molar-refractivity contribution in [1.29, 1.82) is 0 Å². The van der Waals surface area contributed by atoms with E-state index in [1.807, 2.05) is 0 Å². The van der Waals surface area contributed by atoms with Gasteiger partial charge in [-0.15, -0.1) is 0 Å². The Labute approximate surface area is 82.4 Å². The number of carbonyl (C=O) groups is 2. The van der Waals surface area contributed by atoms with Crippen LogP contribution in [-0.4, -0.2) is 37.2 Å². The summed E-state index contributed by atoms with van der Waals surface area (Å²) in [5.41, 5.74) is -1.37. The van der Waals surface area contributed by atoms with E-state index >= 15 is 0 Å². The summed E-state index contributed by atoms with van der Waals surface area (Å²) in [7, 11) is 1.44. The van der Waals surface area contributed by atoms with E-state index in [2.05, 4.69) is 5.32 Å². The molecule has 1 saturated heterocycles. The number of ether oxygens (including phenoxy) is 1. The van der Waals surface area contributed by atoms with Crippen LogP contribution in [-0.2, 0) is 14.3 Å². The normalized spacial score (nSPS) is 25.4. The Hall–Kier alpha value is -1.10.